The third-order valence-corrected chi connectivity index (χ3v) is 1.43. The van der Waals surface area contributed by atoms with E-state index in [2.05, 4.69) is 10.2 Å². The van der Waals surface area contributed by atoms with Crippen molar-refractivity contribution in [1.82, 2.24) is 14.6 Å². The minimum atomic E-state index is 0.995. The van der Waals surface area contributed by atoms with Crippen LogP contribution in [-0.4, -0.2) is 14.6 Å². The van der Waals surface area contributed by atoms with Crippen molar-refractivity contribution in [3.05, 3.63) is 24.2 Å². The van der Waals surface area contributed by atoms with Gasteiger partial charge in [0.25, 0.3) is 0 Å². The summed E-state index contributed by atoms with van der Waals surface area (Å²) in [4.78, 5) is 0. The van der Waals surface area contributed by atoms with Gasteiger partial charge in [0.05, 0.1) is 0 Å². The largest absolute Gasteiger partial charge is 0.289 e. The number of aromatic amines is 1. The fourth-order valence-electron chi connectivity index (χ4n) is 0.946. The zero-order valence-electron chi connectivity index (χ0n) is 5.13. The Morgan fingerprint density at radius 3 is 3.33 bits per heavy atom. The van der Waals surface area contributed by atoms with Gasteiger partial charge in [-0.25, -0.2) is 0 Å². The summed E-state index contributed by atoms with van der Waals surface area (Å²) in [6.45, 7) is 1.96. The third kappa shape index (κ3) is 0.483. The smallest absolute Gasteiger partial charge is 0.132 e. The molecule has 3 nitrogen and oxygen atoms in total. The van der Waals surface area contributed by atoms with Crippen molar-refractivity contribution in [2.45, 2.75) is 6.92 Å². The second kappa shape index (κ2) is 1.37. The topological polar surface area (TPSA) is 33.1 Å². The van der Waals surface area contributed by atoms with Crippen molar-refractivity contribution in [3.63, 3.8) is 0 Å². The average Bonchev–Trinajstić information content (AvgIpc) is 2.35. The number of aryl methyl sites for hydroxylation is 1. The maximum Gasteiger partial charge on any atom is 0.132 e. The fourth-order valence-corrected chi connectivity index (χ4v) is 0.946. The Hall–Kier alpha value is -1.25. The lowest BCUT2D eigenvalue weighted by Gasteiger charge is -1.80. The highest BCUT2D eigenvalue weighted by Gasteiger charge is 1.94. The molecule has 0 saturated carbocycles. The summed E-state index contributed by atoms with van der Waals surface area (Å²) in [5.74, 6) is 0.995. The van der Waals surface area contributed by atoms with Gasteiger partial charge < -0.3 is 0 Å². The Morgan fingerprint density at radius 1 is 1.67 bits per heavy atom. The van der Waals surface area contributed by atoms with E-state index >= 15 is 0 Å². The second-order valence-electron chi connectivity index (χ2n) is 2.03. The van der Waals surface area contributed by atoms with Crippen LogP contribution in [0.2, 0.25) is 0 Å². The van der Waals surface area contributed by atoms with Crippen molar-refractivity contribution >= 4 is 5.65 Å². The highest BCUT2D eigenvalue weighted by Crippen LogP contribution is 2.01. The van der Waals surface area contributed by atoms with Crippen molar-refractivity contribution < 1.29 is 0 Å². The Morgan fingerprint density at radius 2 is 2.56 bits per heavy atom. The van der Waals surface area contributed by atoms with Crippen LogP contribution < -0.4 is 0 Å². The maximum atomic E-state index is 3.99. The lowest BCUT2D eigenvalue weighted by molar-refractivity contribution is 1.01. The molecule has 0 aromatic carbocycles. The van der Waals surface area contributed by atoms with Gasteiger partial charge in [-0.15, -0.1) is 0 Å². The van der Waals surface area contributed by atoms with Crippen LogP contribution in [0.5, 0.6) is 0 Å². The molecule has 2 aromatic heterocycles. The fraction of sp³-hybridized carbons (Fsp3) is 0.167. The summed E-state index contributed by atoms with van der Waals surface area (Å²) in [7, 11) is 0. The van der Waals surface area contributed by atoms with Crippen molar-refractivity contribution in [2.24, 2.45) is 0 Å². The van der Waals surface area contributed by atoms with Crippen LogP contribution in [-0.2, 0) is 0 Å². The summed E-state index contributed by atoms with van der Waals surface area (Å²) in [5.41, 5.74) is 1.05. The minimum Gasteiger partial charge on any atom is -0.289 e. The maximum absolute atomic E-state index is 3.99. The van der Waals surface area contributed by atoms with E-state index in [9.17, 15) is 0 Å². The summed E-state index contributed by atoms with van der Waals surface area (Å²) in [5, 5.41) is 6.87. The zero-order chi connectivity index (χ0) is 6.27. The number of rotatable bonds is 0. The van der Waals surface area contributed by atoms with Gasteiger partial charge in [0, 0.05) is 6.20 Å². The van der Waals surface area contributed by atoms with Gasteiger partial charge >= 0.3 is 0 Å². The van der Waals surface area contributed by atoms with Gasteiger partial charge in [0.2, 0.25) is 0 Å². The molecule has 0 aliphatic heterocycles. The number of H-pyrrole nitrogens is 1. The van der Waals surface area contributed by atoms with Crippen LogP contribution in [0.15, 0.2) is 18.3 Å². The Labute approximate surface area is 52.3 Å². The monoisotopic (exact) mass is 121 g/mol. The van der Waals surface area contributed by atoms with Gasteiger partial charge in [0.15, 0.2) is 0 Å². The zero-order valence-corrected chi connectivity index (χ0v) is 5.13. The summed E-state index contributed by atoms with van der Waals surface area (Å²) in [6.07, 6.45) is 1.98. The molecule has 0 spiro atoms. The molecule has 2 aromatic rings. The van der Waals surface area contributed by atoms with Crippen molar-refractivity contribution in [2.75, 3.05) is 0 Å². The number of aromatic nitrogens is 3. The first-order valence-corrected chi connectivity index (χ1v) is 2.86. The number of hydrogen-bond acceptors (Lipinski definition) is 1. The molecule has 0 aliphatic rings. The van der Waals surface area contributed by atoms with E-state index in [1.54, 1.807) is 0 Å². The Bertz CT molecular complexity index is 317. The first kappa shape index (κ1) is 4.61. The molecule has 0 fully saturated rings. The SMILES string of the molecule is Cc1n[nH]c2cccn12. The van der Waals surface area contributed by atoms with E-state index in [0.717, 1.165) is 11.5 Å². The van der Waals surface area contributed by atoms with Crippen molar-refractivity contribution in [1.29, 1.82) is 0 Å². The van der Waals surface area contributed by atoms with Crippen LogP contribution in [0, 0.1) is 6.92 Å². The predicted octanol–water partition coefficient (Wildman–Crippen LogP) is 0.971. The first-order chi connectivity index (χ1) is 4.38. The molecule has 3 heteroatoms. The standard InChI is InChI=1S/C6H7N3/c1-5-7-8-6-3-2-4-9(5)6/h2-4,8H,1H3. The number of hydrogen-bond donors (Lipinski definition) is 1. The van der Waals surface area contributed by atoms with Gasteiger partial charge in [-0.1, -0.05) is 0 Å². The highest BCUT2D eigenvalue weighted by atomic mass is 15.2. The molecule has 0 radical (unpaired) electrons. The summed E-state index contributed by atoms with van der Waals surface area (Å²) in [6, 6.07) is 3.97. The molecule has 9 heavy (non-hydrogen) atoms. The molecular weight excluding hydrogens is 114 g/mol. The molecule has 0 atom stereocenters. The second-order valence-corrected chi connectivity index (χ2v) is 2.03. The van der Waals surface area contributed by atoms with E-state index in [0.29, 0.717) is 0 Å². The molecule has 0 amide bonds. The van der Waals surface area contributed by atoms with Gasteiger partial charge in [0.1, 0.15) is 11.5 Å². The van der Waals surface area contributed by atoms with Crippen molar-refractivity contribution in [3.8, 4) is 0 Å². The highest BCUT2D eigenvalue weighted by molar-refractivity contribution is 5.37. The molecule has 0 unspecified atom stereocenters. The predicted molar refractivity (Wildman–Crippen MR) is 34.3 cm³/mol. The van der Waals surface area contributed by atoms with Crippen LogP contribution >= 0.6 is 0 Å². The first-order valence-electron chi connectivity index (χ1n) is 2.86. The lowest BCUT2D eigenvalue weighted by atomic mass is 10.7. The van der Waals surface area contributed by atoms with Gasteiger partial charge in [-0.3, -0.25) is 9.50 Å². The van der Waals surface area contributed by atoms with Crippen LogP contribution in [0.1, 0.15) is 5.82 Å². The summed E-state index contributed by atoms with van der Waals surface area (Å²) >= 11 is 0. The van der Waals surface area contributed by atoms with E-state index in [-0.39, 0.29) is 0 Å². The molecule has 1 N–H and O–H groups in total. The molecule has 2 rings (SSSR count). The summed E-state index contributed by atoms with van der Waals surface area (Å²) < 4.78 is 2.00. The Balaban J connectivity index is 2.99. The molecule has 0 bridgehead atoms. The van der Waals surface area contributed by atoms with Crippen LogP contribution in [0.4, 0.5) is 0 Å². The molecular formula is C6H7N3. The molecule has 46 valence electrons. The van der Waals surface area contributed by atoms with Crippen LogP contribution in [0.3, 0.4) is 0 Å². The van der Waals surface area contributed by atoms with Crippen LogP contribution in [0.25, 0.3) is 5.65 Å². The normalized spacial score (nSPS) is 10.8. The Kier molecular flexibility index (Phi) is 0.704. The number of fused-ring (bicyclic) bond motifs is 1. The van der Waals surface area contributed by atoms with E-state index in [1.807, 2.05) is 29.7 Å². The number of nitrogens with zero attached hydrogens (tertiary/aromatic N) is 2. The third-order valence-electron chi connectivity index (χ3n) is 1.43. The molecule has 0 aliphatic carbocycles. The van der Waals surface area contributed by atoms with Gasteiger partial charge in [-0.2, -0.15) is 5.10 Å². The van der Waals surface area contributed by atoms with Gasteiger partial charge in [-0.05, 0) is 19.1 Å². The van der Waals surface area contributed by atoms with E-state index in [4.69, 9.17) is 0 Å². The minimum absolute atomic E-state index is 0.995. The average molecular weight is 121 g/mol. The van der Waals surface area contributed by atoms with E-state index in [1.165, 1.54) is 0 Å². The molecule has 0 saturated heterocycles. The quantitative estimate of drug-likeness (QED) is 0.553. The number of nitrogens with one attached hydrogen (secondary N) is 1. The molecule has 2 heterocycles. The lowest BCUT2D eigenvalue weighted by Crippen LogP contribution is -1.79. The van der Waals surface area contributed by atoms with E-state index < -0.39 is 0 Å².